The average Bonchev–Trinajstić information content (AvgIpc) is 1.80. The number of rotatable bonds is 3. The SMILES string of the molecule is CCOC(=O)C1(P(=O)(O)O)CCC1. The lowest BCUT2D eigenvalue weighted by Crippen LogP contribution is -2.46. The van der Waals surface area contributed by atoms with Gasteiger partial charge in [0.2, 0.25) is 0 Å². The summed E-state index contributed by atoms with van der Waals surface area (Å²) in [4.78, 5) is 29.3. The molecule has 0 saturated heterocycles. The van der Waals surface area contributed by atoms with Crippen LogP contribution in [0.4, 0.5) is 0 Å². The van der Waals surface area contributed by atoms with E-state index in [9.17, 15) is 9.36 Å². The van der Waals surface area contributed by atoms with Gasteiger partial charge in [0, 0.05) is 0 Å². The topological polar surface area (TPSA) is 83.8 Å². The van der Waals surface area contributed by atoms with Crippen LogP contribution in [0.25, 0.3) is 0 Å². The Morgan fingerprint density at radius 2 is 2.08 bits per heavy atom. The van der Waals surface area contributed by atoms with Crippen LogP contribution in [0.15, 0.2) is 0 Å². The first kappa shape index (κ1) is 10.7. The second-order valence-electron chi connectivity index (χ2n) is 3.15. The molecule has 1 aliphatic carbocycles. The molecule has 0 aliphatic heterocycles. The summed E-state index contributed by atoms with van der Waals surface area (Å²) in [5.41, 5.74) is 0. The van der Waals surface area contributed by atoms with Crippen molar-refractivity contribution in [2.75, 3.05) is 6.61 Å². The van der Waals surface area contributed by atoms with Gasteiger partial charge in [-0.1, -0.05) is 0 Å². The van der Waals surface area contributed by atoms with Crippen LogP contribution >= 0.6 is 7.60 Å². The van der Waals surface area contributed by atoms with Gasteiger partial charge in [-0.3, -0.25) is 9.36 Å². The van der Waals surface area contributed by atoms with E-state index in [1.807, 2.05) is 0 Å². The van der Waals surface area contributed by atoms with Gasteiger partial charge in [-0.25, -0.2) is 0 Å². The van der Waals surface area contributed by atoms with Crippen molar-refractivity contribution in [2.24, 2.45) is 0 Å². The highest BCUT2D eigenvalue weighted by Gasteiger charge is 2.58. The van der Waals surface area contributed by atoms with Gasteiger partial charge in [0.1, 0.15) is 0 Å². The Labute approximate surface area is 76.2 Å². The molecule has 76 valence electrons. The van der Waals surface area contributed by atoms with Crippen molar-refractivity contribution in [3.63, 3.8) is 0 Å². The summed E-state index contributed by atoms with van der Waals surface area (Å²) in [5, 5.41) is -1.52. The maximum atomic E-state index is 11.3. The van der Waals surface area contributed by atoms with Gasteiger partial charge >= 0.3 is 13.6 Å². The number of hydrogen-bond acceptors (Lipinski definition) is 3. The van der Waals surface area contributed by atoms with Crippen molar-refractivity contribution in [2.45, 2.75) is 31.3 Å². The van der Waals surface area contributed by atoms with E-state index in [4.69, 9.17) is 9.79 Å². The molecule has 6 heteroatoms. The fraction of sp³-hybridized carbons (Fsp3) is 0.857. The van der Waals surface area contributed by atoms with Crippen LogP contribution in [0.2, 0.25) is 0 Å². The normalized spacial score (nSPS) is 20.5. The molecule has 0 heterocycles. The second-order valence-corrected chi connectivity index (χ2v) is 5.09. The van der Waals surface area contributed by atoms with Crippen molar-refractivity contribution < 1.29 is 23.9 Å². The van der Waals surface area contributed by atoms with Crippen molar-refractivity contribution in [3.8, 4) is 0 Å². The summed E-state index contributed by atoms with van der Waals surface area (Å²) < 4.78 is 15.7. The fourth-order valence-electron chi connectivity index (χ4n) is 1.39. The third kappa shape index (κ3) is 1.64. The predicted octanol–water partition coefficient (Wildman–Crippen LogP) is 0.650. The average molecular weight is 208 g/mol. The van der Waals surface area contributed by atoms with Gasteiger partial charge < -0.3 is 14.5 Å². The molecule has 0 spiro atoms. The summed E-state index contributed by atoms with van der Waals surface area (Å²) in [5.74, 6) is -0.755. The molecule has 1 saturated carbocycles. The number of hydrogen-bond donors (Lipinski definition) is 2. The highest BCUT2D eigenvalue weighted by atomic mass is 31.2. The molecule has 2 N–H and O–H groups in total. The summed E-state index contributed by atoms with van der Waals surface area (Å²) in [6.07, 6.45) is 1.14. The highest BCUT2D eigenvalue weighted by Crippen LogP contribution is 2.61. The lowest BCUT2D eigenvalue weighted by Gasteiger charge is -2.38. The Morgan fingerprint density at radius 3 is 2.31 bits per heavy atom. The van der Waals surface area contributed by atoms with Crippen molar-refractivity contribution in [1.29, 1.82) is 0 Å². The van der Waals surface area contributed by atoms with Crippen LogP contribution in [0.5, 0.6) is 0 Å². The zero-order valence-corrected chi connectivity index (χ0v) is 8.29. The molecule has 0 radical (unpaired) electrons. The summed E-state index contributed by atoms with van der Waals surface area (Å²) >= 11 is 0. The summed E-state index contributed by atoms with van der Waals surface area (Å²) in [7, 11) is -4.36. The Balaban J connectivity index is 2.82. The van der Waals surface area contributed by atoms with E-state index in [0.29, 0.717) is 6.42 Å². The molecule has 0 amide bonds. The van der Waals surface area contributed by atoms with Crippen LogP contribution in [-0.2, 0) is 14.1 Å². The molecule has 0 aromatic heterocycles. The first-order valence-corrected chi connectivity index (χ1v) is 5.78. The molecule has 1 fully saturated rings. The van der Waals surface area contributed by atoms with Crippen molar-refractivity contribution in [1.82, 2.24) is 0 Å². The van der Waals surface area contributed by atoms with E-state index in [0.717, 1.165) is 0 Å². The number of carbonyl (C=O) groups is 1. The van der Waals surface area contributed by atoms with E-state index in [1.165, 1.54) is 0 Å². The molecule has 13 heavy (non-hydrogen) atoms. The number of esters is 1. The van der Waals surface area contributed by atoms with Gasteiger partial charge in [-0.2, -0.15) is 0 Å². The molecule has 0 aromatic rings. The van der Waals surface area contributed by atoms with E-state index < -0.39 is 18.7 Å². The quantitative estimate of drug-likeness (QED) is 0.525. The van der Waals surface area contributed by atoms with E-state index in [-0.39, 0.29) is 19.4 Å². The van der Waals surface area contributed by atoms with Crippen LogP contribution < -0.4 is 0 Å². The minimum Gasteiger partial charge on any atom is -0.465 e. The van der Waals surface area contributed by atoms with Gasteiger partial charge in [0.25, 0.3) is 0 Å². The van der Waals surface area contributed by atoms with Gasteiger partial charge in [0.05, 0.1) is 6.61 Å². The third-order valence-corrected chi connectivity index (χ3v) is 4.14. The number of ether oxygens (including phenoxy) is 1. The summed E-state index contributed by atoms with van der Waals surface area (Å²) in [6.45, 7) is 1.77. The molecule has 1 rings (SSSR count). The van der Waals surface area contributed by atoms with Gasteiger partial charge in [0.15, 0.2) is 5.16 Å². The fourth-order valence-corrected chi connectivity index (χ4v) is 2.59. The van der Waals surface area contributed by atoms with Gasteiger partial charge in [-0.15, -0.1) is 0 Å². The first-order chi connectivity index (χ1) is 5.94. The Kier molecular flexibility index (Phi) is 2.80. The van der Waals surface area contributed by atoms with Crippen LogP contribution in [0.1, 0.15) is 26.2 Å². The zero-order chi connectivity index (χ0) is 10.1. The molecule has 0 aromatic carbocycles. The lowest BCUT2D eigenvalue weighted by molar-refractivity contribution is -0.149. The molecule has 0 bridgehead atoms. The highest BCUT2D eigenvalue weighted by molar-refractivity contribution is 7.54. The van der Waals surface area contributed by atoms with Crippen molar-refractivity contribution in [3.05, 3.63) is 0 Å². The molecule has 1 aliphatic rings. The molecule has 0 atom stereocenters. The Morgan fingerprint density at radius 1 is 1.54 bits per heavy atom. The molecular formula is C7H13O5P. The summed E-state index contributed by atoms with van der Waals surface area (Å²) in [6, 6.07) is 0. The third-order valence-electron chi connectivity index (χ3n) is 2.39. The van der Waals surface area contributed by atoms with Crippen molar-refractivity contribution >= 4 is 13.6 Å². The van der Waals surface area contributed by atoms with E-state index in [1.54, 1.807) is 6.92 Å². The number of carbonyl (C=O) groups excluding carboxylic acids is 1. The maximum absolute atomic E-state index is 11.3. The van der Waals surface area contributed by atoms with Gasteiger partial charge in [-0.05, 0) is 26.2 Å². The monoisotopic (exact) mass is 208 g/mol. The van der Waals surface area contributed by atoms with Crippen LogP contribution in [0.3, 0.4) is 0 Å². The zero-order valence-electron chi connectivity index (χ0n) is 7.39. The maximum Gasteiger partial charge on any atom is 0.342 e. The largest absolute Gasteiger partial charge is 0.465 e. The molecular weight excluding hydrogens is 195 g/mol. The first-order valence-electron chi connectivity index (χ1n) is 4.17. The van der Waals surface area contributed by atoms with E-state index in [2.05, 4.69) is 4.74 Å². The minimum absolute atomic E-state index is 0.153. The van der Waals surface area contributed by atoms with Crippen LogP contribution in [0, 0.1) is 0 Å². The van der Waals surface area contributed by atoms with Crippen LogP contribution in [-0.4, -0.2) is 27.5 Å². The standard InChI is InChI=1S/C7H13O5P/c1-2-12-6(8)7(4-3-5-7)13(9,10)11/h2-5H2,1H3,(H2,9,10,11). The minimum atomic E-state index is -4.36. The van der Waals surface area contributed by atoms with E-state index >= 15 is 0 Å². The Bertz CT molecular complexity index is 252. The second kappa shape index (κ2) is 3.40. The Hall–Kier alpha value is -0.380. The predicted molar refractivity (Wildman–Crippen MR) is 45.3 cm³/mol. The molecule has 5 nitrogen and oxygen atoms in total. The molecule has 0 unspecified atom stereocenters. The lowest BCUT2D eigenvalue weighted by atomic mass is 9.84. The smallest absolute Gasteiger partial charge is 0.342 e.